The van der Waals surface area contributed by atoms with Gasteiger partial charge in [-0.15, -0.1) is 0 Å². The quantitative estimate of drug-likeness (QED) is 0.369. The Morgan fingerprint density at radius 3 is 2.86 bits per heavy atom. The number of methoxy groups -OCH3 is 1. The van der Waals surface area contributed by atoms with E-state index in [0.717, 1.165) is 70.4 Å². The van der Waals surface area contributed by atoms with E-state index in [1.165, 1.54) is 7.11 Å². The Labute approximate surface area is 225 Å². The van der Waals surface area contributed by atoms with Crippen molar-refractivity contribution in [2.45, 2.75) is 50.7 Å². The molecule has 0 spiro atoms. The molecule has 3 rings (SSSR count). The number of alkyl carbamates (subject to hydrolysis) is 1. The van der Waals surface area contributed by atoms with E-state index in [1.807, 2.05) is 36.2 Å². The summed E-state index contributed by atoms with van der Waals surface area (Å²) in [5, 5.41) is 9.83. The molecule has 2 fully saturated rings. The summed E-state index contributed by atoms with van der Waals surface area (Å²) >= 11 is 6.29. The molecule has 10 heteroatoms. The summed E-state index contributed by atoms with van der Waals surface area (Å²) in [6.07, 6.45) is 5.33. The molecule has 2 saturated heterocycles. The van der Waals surface area contributed by atoms with Crippen molar-refractivity contribution in [3.05, 3.63) is 34.9 Å². The largest absolute Gasteiger partial charge is 0.453 e. The lowest BCUT2D eigenvalue weighted by molar-refractivity contribution is -0.00864. The molecule has 2 heterocycles. The van der Waals surface area contributed by atoms with E-state index >= 15 is 0 Å². The van der Waals surface area contributed by atoms with Crippen LogP contribution in [0, 0.1) is 11.8 Å². The Morgan fingerprint density at radius 2 is 2.08 bits per heavy atom. The number of carbonyl (C=O) groups excluding carboxylic acids is 2. The van der Waals surface area contributed by atoms with Gasteiger partial charge >= 0.3 is 12.1 Å². The average Bonchev–Trinajstić information content (AvgIpc) is 3.17. The molecule has 3 N–H and O–H groups in total. The van der Waals surface area contributed by atoms with Crippen LogP contribution < -0.4 is 16.0 Å². The summed E-state index contributed by atoms with van der Waals surface area (Å²) in [6, 6.07) is 7.72. The Hall–Kier alpha value is -2.07. The first kappa shape index (κ1) is 29.5. The smallest absolute Gasteiger partial charge is 0.406 e. The molecule has 37 heavy (non-hydrogen) atoms. The normalized spacial score (nSPS) is 22.0. The van der Waals surface area contributed by atoms with Crippen LogP contribution in [0.15, 0.2) is 24.3 Å². The SMILES string of the molecule is CNCC(CC1CCCOCC1)NC(=O)N1CCCC(C(OCCNC(=O)OC)c2cccc(Cl)c2)C1. The third-order valence-corrected chi connectivity index (χ3v) is 7.41. The zero-order valence-corrected chi connectivity index (χ0v) is 22.9. The predicted molar refractivity (Wildman–Crippen MR) is 144 cm³/mol. The maximum absolute atomic E-state index is 13.4. The minimum absolute atomic E-state index is 0.0213. The van der Waals surface area contributed by atoms with Gasteiger partial charge in [0.2, 0.25) is 0 Å². The number of likely N-dealkylation sites (N-methyl/N-ethyl adjacent to an activating group) is 1. The second kappa shape index (κ2) is 16.0. The standard InChI is InChI=1S/C27H43ClN4O5/c1-29-18-24(16-20-6-5-13-36-14-10-20)31-26(33)32-12-4-8-22(19-32)25(21-7-3-9-23(28)17-21)37-15-11-30-27(34)35-2/h3,7,9,17,20,22,24-25,29H,4-6,8,10-16,18-19H2,1-2H3,(H,30,34)(H,31,33). The fourth-order valence-corrected chi connectivity index (χ4v) is 5.55. The van der Waals surface area contributed by atoms with Gasteiger partial charge in [-0.1, -0.05) is 23.7 Å². The topological polar surface area (TPSA) is 101 Å². The van der Waals surface area contributed by atoms with Gasteiger partial charge in [0.05, 0.1) is 19.8 Å². The predicted octanol–water partition coefficient (Wildman–Crippen LogP) is 3.97. The van der Waals surface area contributed by atoms with Gasteiger partial charge in [-0.05, 0) is 69.2 Å². The van der Waals surface area contributed by atoms with E-state index in [2.05, 4.69) is 20.7 Å². The lowest BCUT2D eigenvalue weighted by Crippen LogP contribution is -2.52. The molecule has 1 aromatic carbocycles. The lowest BCUT2D eigenvalue weighted by atomic mass is 9.88. The highest BCUT2D eigenvalue weighted by Gasteiger charge is 2.32. The highest BCUT2D eigenvalue weighted by atomic mass is 35.5. The third-order valence-electron chi connectivity index (χ3n) is 7.17. The highest BCUT2D eigenvalue weighted by molar-refractivity contribution is 6.30. The number of hydrogen-bond donors (Lipinski definition) is 3. The first-order chi connectivity index (χ1) is 18.0. The van der Waals surface area contributed by atoms with Crippen LogP contribution in [0.4, 0.5) is 9.59 Å². The minimum atomic E-state index is -0.490. The lowest BCUT2D eigenvalue weighted by Gasteiger charge is -2.38. The Bertz CT molecular complexity index is 837. The van der Waals surface area contributed by atoms with Crippen molar-refractivity contribution >= 4 is 23.7 Å². The van der Waals surface area contributed by atoms with E-state index in [-0.39, 0.29) is 24.1 Å². The number of rotatable bonds is 11. The molecule has 2 aliphatic heterocycles. The zero-order valence-electron chi connectivity index (χ0n) is 22.2. The number of ether oxygens (including phenoxy) is 3. The summed E-state index contributed by atoms with van der Waals surface area (Å²) in [5.74, 6) is 0.673. The van der Waals surface area contributed by atoms with Crippen LogP contribution in [-0.2, 0) is 14.2 Å². The molecule has 0 aliphatic carbocycles. The van der Waals surface area contributed by atoms with Crippen LogP contribution in [0.5, 0.6) is 0 Å². The van der Waals surface area contributed by atoms with Crippen molar-refractivity contribution < 1.29 is 23.8 Å². The number of halogens is 1. The number of carbonyl (C=O) groups is 2. The Morgan fingerprint density at radius 1 is 1.22 bits per heavy atom. The Kier molecular flexibility index (Phi) is 12.8. The van der Waals surface area contributed by atoms with Crippen LogP contribution in [0.1, 0.15) is 50.2 Å². The van der Waals surface area contributed by atoms with Gasteiger partial charge in [0.1, 0.15) is 0 Å². The molecule has 0 saturated carbocycles. The van der Waals surface area contributed by atoms with Gasteiger partial charge in [0, 0.05) is 56.4 Å². The monoisotopic (exact) mass is 538 g/mol. The summed E-state index contributed by atoms with van der Waals surface area (Å²) < 4.78 is 16.5. The maximum atomic E-state index is 13.4. The van der Waals surface area contributed by atoms with Gasteiger partial charge in [-0.3, -0.25) is 0 Å². The molecule has 208 valence electrons. The Balaban J connectivity index is 1.62. The van der Waals surface area contributed by atoms with Gasteiger partial charge in [-0.2, -0.15) is 0 Å². The fraction of sp³-hybridized carbons (Fsp3) is 0.704. The number of piperidine rings is 1. The van der Waals surface area contributed by atoms with Crippen LogP contribution in [0.2, 0.25) is 5.02 Å². The van der Waals surface area contributed by atoms with E-state index in [0.29, 0.717) is 30.6 Å². The van der Waals surface area contributed by atoms with Gasteiger partial charge < -0.3 is 35.1 Å². The molecular formula is C27H43ClN4O5. The number of nitrogens with zero attached hydrogens (tertiary/aromatic N) is 1. The molecule has 4 unspecified atom stereocenters. The number of amides is 3. The number of nitrogens with one attached hydrogen (secondary N) is 3. The molecule has 0 aromatic heterocycles. The van der Waals surface area contributed by atoms with Gasteiger partial charge in [0.15, 0.2) is 0 Å². The van der Waals surface area contributed by atoms with Crippen molar-refractivity contribution in [2.75, 3.05) is 60.2 Å². The molecule has 2 aliphatic rings. The van der Waals surface area contributed by atoms with Crippen LogP contribution in [-0.4, -0.2) is 83.2 Å². The van der Waals surface area contributed by atoms with Crippen molar-refractivity contribution in [2.24, 2.45) is 11.8 Å². The number of benzene rings is 1. The average molecular weight is 539 g/mol. The van der Waals surface area contributed by atoms with E-state index in [4.69, 9.17) is 21.1 Å². The molecule has 9 nitrogen and oxygen atoms in total. The number of urea groups is 1. The van der Waals surface area contributed by atoms with E-state index in [1.54, 1.807) is 0 Å². The maximum Gasteiger partial charge on any atom is 0.406 e. The summed E-state index contributed by atoms with van der Waals surface area (Å²) in [5.41, 5.74) is 0.974. The van der Waals surface area contributed by atoms with Crippen molar-refractivity contribution in [1.29, 1.82) is 0 Å². The van der Waals surface area contributed by atoms with E-state index < -0.39 is 6.09 Å². The number of hydrogen-bond acceptors (Lipinski definition) is 6. The van der Waals surface area contributed by atoms with Crippen LogP contribution >= 0.6 is 11.6 Å². The first-order valence-electron chi connectivity index (χ1n) is 13.5. The van der Waals surface area contributed by atoms with Crippen molar-refractivity contribution in [3.63, 3.8) is 0 Å². The summed E-state index contributed by atoms with van der Waals surface area (Å²) in [6.45, 7) is 4.35. The summed E-state index contributed by atoms with van der Waals surface area (Å²) in [4.78, 5) is 26.7. The van der Waals surface area contributed by atoms with Crippen molar-refractivity contribution in [1.82, 2.24) is 20.9 Å². The van der Waals surface area contributed by atoms with Gasteiger partial charge in [0.25, 0.3) is 0 Å². The third kappa shape index (κ3) is 9.96. The second-order valence-electron chi connectivity index (χ2n) is 9.96. The summed E-state index contributed by atoms with van der Waals surface area (Å²) in [7, 11) is 3.26. The highest BCUT2D eigenvalue weighted by Crippen LogP contribution is 2.34. The fourth-order valence-electron chi connectivity index (χ4n) is 5.35. The molecule has 1 aromatic rings. The molecule has 4 atom stereocenters. The minimum Gasteiger partial charge on any atom is -0.453 e. The molecule has 0 radical (unpaired) electrons. The molecular weight excluding hydrogens is 496 g/mol. The van der Waals surface area contributed by atoms with Gasteiger partial charge in [-0.25, -0.2) is 9.59 Å². The molecule has 0 bridgehead atoms. The van der Waals surface area contributed by atoms with Crippen LogP contribution in [0.3, 0.4) is 0 Å². The first-order valence-corrected chi connectivity index (χ1v) is 13.8. The van der Waals surface area contributed by atoms with Crippen LogP contribution in [0.25, 0.3) is 0 Å². The van der Waals surface area contributed by atoms with Crippen molar-refractivity contribution in [3.8, 4) is 0 Å². The molecule has 3 amide bonds. The van der Waals surface area contributed by atoms with E-state index in [9.17, 15) is 9.59 Å². The number of likely N-dealkylation sites (tertiary alicyclic amines) is 1. The second-order valence-corrected chi connectivity index (χ2v) is 10.4. The zero-order chi connectivity index (χ0) is 26.5.